The van der Waals surface area contributed by atoms with Gasteiger partial charge in [0.05, 0.1) is 6.21 Å². The predicted octanol–water partition coefficient (Wildman–Crippen LogP) is 5.20. The molecular weight excluding hydrogens is 585 g/mol. The molecule has 0 saturated heterocycles. The van der Waals surface area contributed by atoms with Crippen LogP contribution in [0.2, 0.25) is 0 Å². The van der Waals surface area contributed by atoms with Crippen LogP contribution in [0, 0.1) is 3.57 Å². The SMILES string of the molecule is O=C(N/N=C\c1ccc(-c2ccc(I)cc2)o1)/C(=C\c1ccc2c(c1)OCO2)NC(=O)c1ccccc1. The first-order valence-corrected chi connectivity index (χ1v) is 12.3. The fraction of sp³-hybridized carbons (Fsp3) is 0.0357. The molecule has 1 aliphatic rings. The zero-order chi connectivity index (χ0) is 25.6. The van der Waals surface area contributed by atoms with Crippen LogP contribution in [0.15, 0.2) is 100 Å². The van der Waals surface area contributed by atoms with E-state index in [2.05, 4.69) is 38.4 Å². The van der Waals surface area contributed by atoms with Crippen LogP contribution in [-0.2, 0) is 4.79 Å². The van der Waals surface area contributed by atoms with Gasteiger partial charge >= 0.3 is 0 Å². The lowest BCUT2D eigenvalue weighted by Gasteiger charge is -2.09. The topological polar surface area (TPSA) is 102 Å². The van der Waals surface area contributed by atoms with Gasteiger partial charge in [0, 0.05) is 14.7 Å². The van der Waals surface area contributed by atoms with Crippen molar-refractivity contribution in [2.24, 2.45) is 5.10 Å². The fourth-order valence-electron chi connectivity index (χ4n) is 3.52. The molecule has 0 spiro atoms. The molecule has 0 aliphatic carbocycles. The molecule has 9 heteroatoms. The van der Waals surface area contributed by atoms with E-state index >= 15 is 0 Å². The number of carbonyl (C=O) groups excluding carboxylic acids is 2. The molecule has 4 aromatic rings. The Bertz CT molecular complexity index is 1490. The maximum Gasteiger partial charge on any atom is 0.287 e. The third kappa shape index (κ3) is 6.07. The van der Waals surface area contributed by atoms with Crippen molar-refractivity contribution in [3.63, 3.8) is 0 Å². The third-order valence-electron chi connectivity index (χ3n) is 5.35. The number of hydrogen-bond donors (Lipinski definition) is 2. The lowest BCUT2D eigenvalue weighted by Crippen LogP contribution is -2.32. The molecule has 0 atom stereocenters. The van der Waals surface area contributed by atoms with E-state index in [1.54, 1.807) is 54.6 Å². The summed E-state index contributed by atoms with van der Waals surface area (Å²) in [5, 5.41) is 6.67. The average molecular weight is 605 g/mol. The van der Waals surface area contributed by atoms with Crippen LogP contribution in [0.5, 0.6) is 11.5 Å². The lowest BCUT2D eigenvalue weighted by molar-refractivity contribution is -0.117. The second-order valence-corrected chi connectivity index (χ2v) is 9.14. The number of nitrogens with one attached hydrogen (secondary N) is 2. The Morgan fingerprint density at radius 3 is 2.49 bits per heavy atom. The smallest absolute Gasteiger partial charge is 0.287 e. The van der Waals surface area contributed by atoms with E-state index < -0.39 is 11.8 Å². The molecule has 184 valence electrons. The quantitative estimate of drug-likeness (QED) is 0.131. The fourth-order valence-corrected chi connectivity index (χ4v) is 3.88. The van der Waals surface area contributed by atoms with Crippen molar-refractivity contribution in [2.75, 3.05) is 6.79 Å². The van der Waals surface area contributed by atoms with Gasteiger partial charge in [-0.3, -0.25) is 9.59 Å². The van der Waals surface area contributed by atoms with E-state index in [-0.39, 0.29) is 12.5 Å². The van der Waals surface area contributed by atoms with Crippen LogP contribution in [0.1, 0.15) is 21.7 Å². The van der Waals surface area contributed by atoms with E-state index in [1.165, 1.54) is 12.3 Å². The highest BCUT2D eigenvalue weighted by molar-refractivity contribution is 14.1. The molecule has 2 amide bonds. The van der Waals surface area contributed by atoms with Gasteiger partial charge in [0.1, 0.15) is 17.2 Å². The molecule has 1 aliphatic heterocycles. The van der Waals surface area contributed by atoms with Crippen molar-refractivity contribution >= 4 is 46.7 Å². The number of benzene rings is 3. The number of hydrogen-bond acceptors (Lipinski definition) is 6. The number of ether oxygens (including phenoxy) is 2. The molecule has 2 heterocycles. The van der Waals surface area contributed by atoms with Crippen LogP contribution in [-0.4, -0.2) is 24.8 Å². The standard InChI is InChI=1S/C28H20IN3O5/c29-21-9-7-19(8-10-21)24-13-11-22(37-24)16-30-32-28(34)23(31-27(33)20-4-2-1-3-5-20)14-18-6-12-25-26(15-18)36-17-35-25/h1-16H,17H2,(H,31,33)(H,32,34)/b23-14+,30-16-. The van der Waals surface area contributed by atoms with Crippen LogP contribution >= 0.6 is 22.6 Å². The number of fused-ring (bicyclic) bond motifs is 1. The van der Waals surface area contributed by atoms with Gasteiger partial charge in [-0.25, -0.2) is 5.43 Å². The number of rotatable bonds is 7. The number of halogens is 1. The minimum absolute atomic E-state index is 0.00360. The second kappa shape index (κ2) is 11.1. The van der Waals surface area contributed by atoms with E-state index in [9.17, 15) is 9.59 Å². The summed E-state index contributed by atoms with van der Waals surface area (Å²) in [6, 6.07) is 25.3. The Morgan fingerprint density at radius 2 is 1.68 bits per heavy atom. The molecule has 0 saturated carbocycles. The first-order chi connectivity index (χ1) is 18.0. The molecule has 3 aromatic carbocycles. The number of carbonyl (C=O) groups is 2. The first kappa shape index (κ1) is 24.3. The normalized spacial score (nSPS) is 12.5. The zero-order valence-electron chi connectivity index (χ0n) is 19.3. The van der Waals surface area contributed by atoms with E-state index in [4.69, 9.17) is 13.9 Å². The van der Waals surface area contributed by atoms with Gasteiger partial charge in [0.25, 0.3) is 11.8 Å². The van der Waals surface area contributed by atoms with Gasteiger partial charge in [0.2, 0.25) is 6.79 Å². The molecule has 37 heavy (non-hydrogen) atoms. The molecule has 1 aromatic heterocycles. The van der Waals surface area contributed by atoms with Crippen LogP contribution in [0.25, 0.3) is 17.4 Å². The van der Waals surface area contributed by atoms with Crippen molar-refractivity contribution < 1.29 is 23.5 Å². The molecule has 8 nitrogen and oxygen atoms in total. The van der Waals surface area contributed by atoms with Crippen LogP contribution < -0.4 is 20.2 Å². The molecule has 0 bridgehead atoms. The molecule has 5 rings (SSSR count). The minimum Gasteiger partial charge on any atom is -0.455 e. The summed E-state index contributed by atoms with van der Waals surface area (Å²) in [5.74, 6) is 1.28. The van der Waals surface area contributed by atoms with Gasteiger partial charge in [-0.15, -0.1) is 0 Å². The summed E-state index contributed by atoms with van der Waals surface area (Å²) in [6.45, 7) is 0.132. The molecule has 0 radical (unpaired) electrons. The van der Waals surface area contributed by atoms with Gasteiger partial charge in [0.15, 0.2) is 11.5 Å². The Balaban J connectivity index is 1.33. The van der Waals surface area contributed by atoms with E-state index in [1.807, 2.05) is 30.3 Å². The first-order valence-electron chi connectivity index (χ1n) is 11.2. The molecule has 0 unspecified atom stereocenters. The number of hydrazone groups is 1. The summed E-state index contributed by atoms with van der Waals surface area (Å²) < 4.78 is 17.7. The summed E-state index contributed by atoms with van der Waals surface area (Å²) in [7, 11) is 0. The van der Waals surface area contributed by atoms with Crippen molar-refractivity contribution in [2.45, 2.75) is 0 Å². The largest absolute Gasteiger partial charge is 0.455 e. The lowest BCUT2D eigenvalue weighted by atomic mass is 10.1. The van der Waals surface area contributed by atoms with Gasteiger partial charge in [-0.05, 0) is 82.8 Å². The summed E-state index contributed by atoms with van der Waals surface area (Å²) in [4.78, 5) is 25.8. The van der Waals surface area contributed by atoms with Gasteiger partial charge in [-0.2, -0.15) is 5.10 Å². The summed E-state index contributed by atoms with van der Waals surface area (Å²) >= 11 is 2.24. The zero-order valence-corrected chi connectivity index (χ0v) is 21.5. The summed E-state index contributed by atoms with van der Waals surface area (Å²) in [6.07, 6.45) is 2.93. The Kier molecular flexibility index (Phi) is 7.31. The predicted molar refractivity (Wildman–Crippen MR) is 147 cm³/mol. The van der Waals surface area contributed by atoms with E-state index in [0.717, 1.165) is 9.13 Å². The van der Waals surface area contributed by atoms with Gasteiger partial charge < -0.3 is 19.2 Å². The maximum atomic E-state index is 13.0. The molecule has 2 N–H and O–H groups in total. The Morgan fingerprint density at radius 1 is 0.892 bits per heavy atom. The highest BCUT2D eigenvalue weighted by Crippen LogP contribution is 2.33. The van der Waals surface area contributed by atoms with Gasteiger partial charge in [-0.1, -0.05) is 36.4 Å². The van der Waals surface area contributed by atoms with Crippen molar-refractivity contribution in [3.05, 3.63) is 111 Å². The Labute approximate surface area is 226 Å². The Hall–Kier alpha value is -4.38. The molecular formula is C28H20IN3O5. The monoisotopic (exact) mass is 605 g/mol. The highest BCUT2D eigenvalue weighted by atomic mass is 127. The van der Waals surface area contributed by atoms with Crippen molar-refractivity contribution in [1.29, 1.82) is 0 Å². The number of nitrogens with zero attached hydrogens (tertiary/aromatic N) is 1. The highest BCUT2D eigenvalue weighted by Gasteiger charge is 2.17. The minimum atomic E-state index is -0.609. The maximum absolute atomic E-state index is 13.0. The summed E-state index contributed by atoms with van der Waals surface area (Å²) in [5.41, 5.74) is 4.43. The molecule has 0 fully saturated rings. The average Bonchev–Trinajstić information content (AvgIpc) is 3.59. The van der Waals surface area contributed by atoms with Crippen molar-refractivity contribution in [1.82, 2.24) is 10.7 Å². The van der Waals surface area contributed by atoms with E-state index in [0.29, 0.717) is 34.1 Å². The van der Waals surface area contributed by atoms with Crippen molar-refractivity contribution in [3.8, 4) is 22.8 Å². The van der Waals surface area contributed by atoms with Crippen LogP contribution in [0.4, 0.5) is 0 Å². The number of amides is 2. The number of furan rings is 1. The third-order valence-corrected chi connectivity index (χ3v) is 6.07. The second-order valence-electron chi connectivity index (χ2n) is 7.90. The van der Waals surface area contributed by atoms with Crippen LogP contribution in [0.3, 0.4) is 0 Å².